The summed E-state index contributed by atoms with van der Waals surface area (Å²) in [5.41, 5.74) is 1.38. The van der Waals surface area contributed by atoms with Gasteiger partial charge in [-0.15, -0.1) is 0 Å². The van der Waals surface area contributed by atoms with Crippen molar-refractivity contribution in [3.05, 3.63) is 23.4 Å². The van der Waals surface area contributed by atoms with Crippen LogP contribution in [0.1, 0.15) is 17.7 Å². The van der Waals surface area contributed by atoms with Gasteiger partial charge in [0.05, 0.1) is 11.3 Å². The van der Waals surface area contributed by atoms with E-state index in [1.807, 2.05) is 19.1 Å². The Hall–Kier alpha value is -1.67. The summed E-state index contributed by atoms with van der Waals surface area (Å²) < 4.78 is 13.4. The minimum absolute atomic E-state index is 0.307. The lowest BCUT2D eigenvalue weighted by atomic mass is 10.1. The number of hydrogen-bond donors (Lipinski definition) is 0. The van der Waals surface area contributed by atoms with Crippen molar-refractivity contribution >= 4 is 5.82 Å². The van der Waals surface area contributed by atoms with Crippen molar-refractivity contribution in [1.82, 2.24) is 9.88 Å². The summed E-state index contributed by atoms with van der Waals surface area (Å²) in [6.07, 6.45) is -0.0493. The summed E-state index contributed by atoms with van der Waals surface area (Å²) in [5.74, 6) is 0.901. The highest BCUT2D eigenvalue weighted by Crippen LogP contribution is 2.26. The highest BCUT2D eigenvalue weighted by atomic mass is 19.1. The molecule has 2 atom stereocenters. The van der Waals surface area contributed by atoms with Crippen molar-refractivity contribution in [2.75, 3.05) is 31.1 Å². The number of hydrogen-bond acceptors (Lipinski definition) is 4. The van der Waals surface area contributed by atoms with Crippen LogP contribution in [0.5, 0.6) is 0 Å². The second-order valence-electron chi connectivity index (χ2n) is 5.34. The van der Waals surface area contributed by atoms with Gasteiger partial charge in [0.2, 0.25) is 0 Å². The number of aryl methyl sites for hydroxylation is 1. The third-order valence-corrected chi connectivity index (χ3v) is 4.08. The minimum atomic E-state index is -0.680. The summed E-state index contributed by atoms with van der Waals surface area (Å²) in [6.45, 7) is 5.04. The van der Waals surface area contributed by atoms with Crippen LogP contribution in [0.4, 0.5) is 10.2 Å². The summed E-state index contributed by atoms with van der Waals surface area (Å²) in [5, 5.41) is 8.92. The van der Waals surface area contributed by atoms with Gasteiger partial charge in [0, 0.05) is 32.2 Å². The maximum absolute atomic E-state index is 13.4. The number of fused-ring (bicyclic) bond motifs is 1. The topological polar surface area (TPSA) is 43.2 Å². The molecule has 2 saturated heterocycles. The molecular formula is C14H17FN4. The summed E-state index contributed by atoms with van der Waals surface area (Å²) >= 11 is 0. The number of rotatable bonds is 1. The standard InChI is InChI=1S/C14H17FN4/c1-10-11(7-16)2-3-14(17-10)19-5-4-18-8-12(15)6-13(18)9-19/h2-3,12-13H,4-6,8-9H2,1H3/t12-,13-/m0/s1. The molecule has 2 fully saturated rings. The number of aromatic nitrogens is 1. The van der Waals surface area contributed by atoms with Crippen LogP contribution in [0.25, 0.3) is 0 Å². The monoisotopic (exact) mass is 260 g/mol. The van der Waals surface area contributed by atoms with E-state index in [9.17, 15) is 4.39 Å². The molecule has 0 spiro atoms. The summed E-state index contributed by atoms with van der Waals surface area (Å²) in [7, 11) is 0. The molecule has 0 unspecified atom stereocenters. The van der Waals surface area contributed by atoms with E-state index in [0.717, 1.165) is 31.1 Å². The number of nitrogens with zero attached hydrogens (tertiary/aromatic N) is 4. The molecule has 3 rings (SSSR count). The zero-order chi connectivity index (χ0) is 13.4. The maximum atomic E-state index is 13.4. The normalized spacial score (nSPS) is 27.1. The Morgan fingerprint density at radius 1 is 1.37 bits per heavy atom. The Morgan fingerprint density at radius 3 is 2.95 bits per heavy atom. The van der Waals surface area contributed by atoms with Crippen LogP contribution in [0.2, 0.25) is 0 Å². The molecule has 19 heavy (non-hydrogen) atoms. The van der Waals surface area contributed by atoms with E-state index in [-0.39, 0.29) is 0 Å². The Kier molecular flexibility index (Phi) is 3.11. The fourth-order valence-electron chi connectivity index (χ4n) is 3.03. The molecule has 2 aliphatic heterocycles. The number of halogens is 1. The van der Waals surface area contributed by atoms with E-state index < -0.39 is 6.17 Å². The first-order chi connectivity index (χ1) is 9.17. The second kappa shape index (κ2) is 4.78. The van der Waals surface area contributed by atoms with Gasteiger partial charge >= 0.3 is 0 Å². The van der Waals surface area contributed by atoms with Crippen LogP contribution in [-0.4, -0.2) is 48.3 Å². The fourth-order valence-corrected chi connectivity index (χ4v) is 3.03. The Morgan fingerprint density at radius 2 is 2.21 bits per heavy atom. The lowest BCUT2D eigenvalue weighted by molar-refractivity contribution is 0.223. The Bertz CT molecular complexity index is 525. The van der Waals surface area contributed by atoms with Crippen LogP contribution in [-0.2, 0) is 0 Å². The smallest absolute Gasteiger partial charge is 0.128 e. The molecule has 0 amide bonds. The number of alkyl halides is 1. The summed E-state index contributed by atoms with van der Waals surface area (Å²) in [6, 6.07) is 6.14. The molecular weight excluding hydrogens is 243 g/mol. The minimum Gasteiger partial charge on any atom is -0.354 e. The molecule has 1 aromatic rings. The molecule has 2 aliphatic rings. The molecule has 0 aliphatic carbocycles. The largest absolute Gasteiger partial charge is 0.354 e. The maximum Gasteiger partial charge on any atom is 0.128 e. The van der Waals surface area contributed by atoms with Gasteiger partial charge in [0.25, 0.3) is 0 Å². The van der Waals surface area contributed by atoms with Crippen molar-refractivity contribution in [2.24, 2.45) is 0 Å². The van der Waals surface area contributed by atoms with Crippen molar-refractivity contribution in [2.45, 2.75) is 25.6 Å². The average Bonchev–Trinajstić information content (AvgIpc) is 2.77. The van der Waals surface area contributed by atoms with Gasteiger partial charge in [-0.05, 0) is 25.5 Å². The molecule has 3 heterocycles. The van der Waals surface area contributed by atoms with E-state index in [2.05, 4.69) is 20.9 Å². The average molecular weight is 260 g/mol. The van der Waals surface area contributed by atoms with Crippen LogP contribution in [0, 0.1) is 18.3 Å². The zero-order valence-corrected chi connectivity index (χ0v) is 11.0. The van der Waals surface area contributed by atoms with Crippen molar-refractivity contribution in [3.8, 4) is 6.07 Å². The third-order valence-electron chi connectivity index (χ3n) is 4.08. The molecule has 0 bridgehead atoms. The predicted octanol–water partition coefficient (Wildman–Crippen LogP) is 1.49. The lowest BCUT2D eigenvalue weighted by Crippen LogP contribution is -2.50. The van der Waals surface area contributed by atoms with Crippen molar-refractivity contribution in [1.29, 1.82) is 5.26 Å². The molecule has 0 saturated carbocycles. The molecule has 5 heteroatoms. The van der Waals surface area contributed by atoms with Crippen LogP contribution < -0.4 is 4.90 Å². The van der Waals surface area contributed by atoms with E-state index >= 15 is 0 Å². The SMILES string of the molecule is Cc1nc(N2CCN3C[C@@H](F)C[C@H]3C2)ccc1C#N. The molecule has 0 aromatic carbocycles. The molecule has 0 radical (unpaired) electrons. The van der Waals surface area contributed by atoms with Crippen LogP contribution in [0.15, 0.2) is 12.1 Å². The fraction of sp³-hybridized carbons (Fsp3) is 0.571. The highest BCUT2D eigenvalue weighted by Gasteiger charge is 2.36. The Labute approximate surface area is 112 Å². The van der Waals surface area contributed by atoms with Crippen molar-refractivity contribution < 1.29 is 4.39 Å². The number of nitriles is 1. The Balaban J connectivity index is 1.77. The van der Waals surface area contributed by atoms with E-state index in [0.29, 0.717) is 24.6 Å². The van der Waals surface area contributed by atoms with Gasteiger partial charge in [-0.3, -0.25) is 4.90 Å². The van der Waals surface area contributed by atoms with Gasteiger partial charge < -0.3 is 4.90 Å². The molecule has 100 valence electrons. The first-order valence-electron chi connectivity index (χ1n) is 6.68. The van der Waals surface area contributed by atoms with Gasteiger partial charge in [0.1, 0.15) is 18.1 Å². The molecule has 0 N–H and O–H groups in total. The van der Waals surface area contributed by atoms with Gasteiger partial charge in [-0.2, -0.15) is 5.26 Å². The second-order valence-corrected chi connectivity index (χ2v) is 5.34. The van der Waals surface area contributed by atoms with E-state index in [4.69, 9.17) is 5.26 Å². The van der Waals surface area contributed by atoms with Crippen LogP contribution in [0.3, 0.4) is 0 Å². The number of pyridine rings is 1. The van der Waals surface area contributed by atoms with Gasteiger partial charge in [0.15, 0.2) is 0 Å². The third kappa shape index (κ3) is 2.28. The zero-order valence-electron chi connectivity index (χ0n) is 11.0. The summed E-state index contributed by atoms with van der Waals surface area (Å²) in [4.78, 5) is 8.93. The first-order valence-corrected chi connectivity index (χ1v) is 6.68. The lowest BCUT2D eigenvalue weighted by Gasteiger charge is -2.38. The molecule has 1 aromatic heterocycles. The van der Waals surface area contributed by atoms with Gasteiger partial charge in [-0.25, -0.2) is 9.37 Å². The molecule has 4 nitrogen and oxygen atoms in total. The van der Waals surface area contributed by atoms with E-state index in [1.165, 1.54) is 0 Å². The predicted molar refractivity (Wildman–Crippen MR) is 70.8 cm³/mol. The van der Waals surface area contributed by atoms with Crippen LogP contribution >= 0.6 is 0 Å². The van der Waals surface area contributed by atoms with Crippen molar-refractivity contribution in [3.63, 3.8) is 0 Å². The highest BCUT2D eigenvalue weighted by molar-refractivity contribution is 5.45. The first kappa shape index (κ1) is 12.4. The number of anilines is 1. The van der Waals surface area contributed by atoms with E-state index in [1.54, 1.807) is 0 Å². The number of piperazine rings is 1. The quantitative estimate of drug-likeness (QED) is 0.767. The van der Waals surface area contributed by atoms with Gasteiger partial charge in [-0.1, -0.05) is 0 Å².